The fourth-order valence-electron chi connectivity index (χ4n) is 2.03. The van der Waals surface area contributed by atoms with E-state index < -0.39 is 5.67 Å². The molecule has 3 heteroatoms. The van der Waals surface area contributed by atoms with Crippen LogP contribution in [0, 0.1) is 6.92 Å². The summed E-state index contributed by atoms with van der Waals surface area (Å²) in [5.74, 6) is 0. The molecule has 1 aliphatic carbocycles. The van der Waals surface area contributed by atoms with Crippen LogP contribution >= 0.6 is 0 Å². The average Bonchev–Trinajstić information content (AvgIpc) is 2.48. The summed E-state index contributed by atoms with van der Waals surface area (Å²) >= 11 is 0. The molecule has 2 nitrogen and oxygen atoms in total. The molecule has 2 atom stereocenters. The third-order valence-corrected chi connectivity index (χ3v) is 2.93. The lowest BCUT2D eigenvalue weighted by atomic mass is 9.95. The maximum absolute atomic E-state index is 14.3. The van der Waals surface area contributed by atoms with Crippen molar-refractivity contribution in [2.45, 2.75) is 37.9 Å². The molecular weight excluding hydrogens is 179 g/mol. The van der Waals surface area contributed by atoms with Crippen LogP contribution in [0.25, 0.3) is 0 Å². The van der Waals surface area contributed by atoms with Crippen LogP contribution in [0.2, 0.25) is 0 Å². The molecule has 1 aromatic heterocycles. The average molecular weight is 194 g/mol. The zero-order valence-electron chi connectivity index (χ0n) is 8.33. The van der Waals surface area contributed by atoms with Crippen LogP contribution in [0.15, 0.2) is 18.3 Å². The molecule has 0 radical (unpaired) electrons. The van der Waals surface area contributed by atoms with Gasteiger partial charge in [0.1, 0.15) is 5.67 Å². The van der Waals surface area contributed by atoms with Gasteiger partial charge in [-0.3, -0.25) is 4.98 Å². The molecule has 1 heterocycles. The van der Waals surface area contributed by atoms with E-state index in [1.807, 2.05) is 19.1 Å². The molecule has 1 fully saturated rings. The largest absolute Gasteiger partial charge is 0.328 e. The number of rotatable bonds is 1. The van der Waals surface area contributed by atoms with E-state index in [0.717, 1.165) is 12.1 Å². The highest BCUT2D eigenvalue weighted by Gasteiger charge is 2.39. The Labute approximate surface area is 83.3 Å². The third kappa shape index (κ3) is 1.64. The van der Waals surface area contributed by atoms with E-state index in [1.165, 1.54) is 0 Å². The zero-order valence-corrected chi connectivity index (χ0v) is 8.33. The topological polar surface area (TPSA) is 38.9 Å². The second kappa shape index (κ2) is 3.31. The van der Waals surface area contributed by atoms with Crippen LogP contribution in [-0.4, -0.2) is 11.0 Å². The first-order valence-electron chi connectivity index (χ1n) is 4.98. The molecule has 14 heavy (non-hydrogen) atoms. The highest BCUT2D eigenvalue weighted by Crippen LogP contribution is 2.41. The number of aromatic nitrogens is 1. The minimum atomic E-state index is -1.24. The number of halogens is 1. The van der Waals surface area contributed by atoms with Crippen molar-refractivity contribution in [1.29, 1.82) is 0 Å². The Kier molecular flexibility index (Phi) is 2.27. The maximum atomic E-state index is 14.3. The monoisotopic (exact) mass is 194 g/mol. The molecule has 76 valence electrons. The summed E-state index contributed by atoms with van der Waals surface area (Å²) in [4.78, 5) is 4.11. The first-order chi connectivity index (χ1) is 6.60. The van der Waals surface area contributed by atoms with E-state index in [4.69, 9.17) is 5.73 Å². The molecule has 2 N–H and O–H groups in total. The zero-order chi connectivity index (χ0) is 10.2. The molecule has 1 aromatic rings. The molecule has 1 saturated carbocycles. The first-order valence-corrected chi connectivity index (χ1v) is 4.98. The number of nitrogens with zero attached hydrogens (tertiary/aromatic N) is 1. The summed E-state index contributed by atoms with van der Waals surface area (Å²) in [5, 5.41) is 0. The predicted octanol–water partition coefficient (Wildman–Crippen LogP) is 2.07. The van der Waals surface area contributed by atoms with Gasteiger partial charge in [-0.2, -0.15) is 0 Å². The third-order valence-electron chi connectivity index (χ3n) is 2.93. The predicted molar refractivity (Wildman–Crippen MR) is 53.6 cm³/mol. The van der Waals surface area contributed by atoms with Gasteiger partial charge in [0.2, 0.25) is 0 Å². The standard InChI is InChI=1S/C11H15FN2/c1-8-2-3-9(7-14-8)11(12)5-4-10(13)6-11/h2-3,7,10H,4-6,13H2,1H3. The lowest BCUT2D eigenvalue weighted by molar-refractivity contribution is 0.172. The van der Waals surface area contributed by atoms with Crippen molar-refractivity contribution in [3.05, 3.63) is 29.6 Å². The summed E-state index contributed by atoms with van der Waals surface area (Å²) in [6, 6.07) is 3.67. The lowest BCUT2D eigenvalue weighted by Gasteiger charge is -2.19. The van der Waals surface area contributed by atoms with Crippen molar-refractivity contribution < 1.29 is 4.39 Å². The number of hydrogen-bond acceptors (Lipinski definition) is 2. The van der Waals surface area contributed by atoms with Gasteiger partial charge in [0.05, 0.1) is 0 Å². The fraction of sp³-hybridized carbons (Fsp3) is 0.545. The molecule has 0 bridgehead atoms. The van der Waals surface area contributed by atoms with Gasteiger partial charge in [-0.05, 0) is 25.8 Å². The van der Waals surface area contributed by atoms with Crippen LogP contribution in [0.4, 0.5) is 4.39 Å². The molecular formula is C11H15FN2. The van der Waals surface area contributed by atoms with Crippen LogP contribution in [0.3, 0.4) is 0 Å². The van der Waals surface area contributed by atoms with Crippen LogP contribution in [0.1, 0.15) is 30.5 Å². The summed E-state index contributed by atoms with van der Waals surface area (Å²) in [6.07, 6.45) is 3.36. The molecule has 1 aliphatic rings. The van der Waals surface area contributed by atoms with Crippen molar-refractivity contribution in [2.75, 3.05) is 0 Å². The van der Waals surface area contributed by atoms with E-state index in [-0.39, 0.29) is 6.04 Å². The minimum Gasteiger partial charge on any atom is -0.328 e. The normalized spacial score (nSPS) is 32.1. The van der Waals surface area contributed by atoms with Crippen LogP contribution in [-0.2, 0) is 5.67 Å². The van der Waals surface area contributed by atoms with Crippen molar-refractivity contribution in [3.8, 4) is 0 Å². The minimum absolute atomic E-state index is 0.00121. The number of nitrogens with two attached hydrogens (primary N) is 1. The van der Waals surface area contributed by atoms with E-state index in [2.05, 4.69) is 4.98 Å². The Hall–Kier alpha value is -0.960. The molecule has 0 aliphatic heterocycles. The molecule has 0 saturated heterocycles. The number of pyridine rings is 1. The van der Waals surface area contributed by atoms with Crippen LogP contribution in [0.5, 0.6) is 0 Å². The second-order valence-electron chi connectivity index (χ2n) is 4.16. The van der Waals surface area contributed by atoms with Gasteiger partial charge in [0, 0.05) is 29.9 Å². The molecule has 0 spiro atoms. The number of hydrogen-bond donors (Lipinski definition) is 1. The van der Waals surface area contributed by atoms with Gasteiger partial charge in [-0.15, -0.1) is 0 Å². The Bertz CT molecular complexity index is 323. The van der Waals surface area contributed by atoms with E-state index >= 15 is 0 Å². The Balaban J connectivity index is 2.26. The van der Waals surface area contributed by atoms with Gasteiger partial charge in [-0.25, -0.2) is 4.39 Å². The SMILES string of the molecule is Cc1ccc(C2(F)CCC(N)C2)cn1. The van der Waals surface area contributed by atoms with Crippen molar-refractivity contribution in [1.82, 2.24) is 4.98 Å². The van der Waals surface area contributed by atoms with E-state index in [1.54, 1.807) is 6.20 Å². The summed E-state index contributed by atoms with van der Waals surface area (Å²) in [5.41, 5.74) is 6.07. The van der Waals surface area contributed by atoms with E-state index in [0.29, 0.717) is 18.4 Å². The Morgan fingerprint density at radius 2 is 2.36 bits per heavy atom. The maximum Gasteiger partial charge on any atom is 0.139 e. The van der Waals surface area contributed by atoms with Crippen molar-refractivity contribution in [2.24, 2.45) is 5.73 Å². The van der Waals surface area contributed by atoms with Gasteiger partial charge in [0.15, 0.2) is 0 Å². The summed E-state index contributed by atoms with van der Waals surface area (Å²) in [6.45, 7) is 1.90. The number of alkyl halides is 1. The number of aryl methyl sites for hydroxylation is 1. The highest BCUT2D eigenvalue weighted by molar-refractivity contribution is 5.22. The van der Waals surface area contributed by atoms with Gasteiger partial charge < -0.3 is 5.73 Å². The van der Waals surface area contributed by atoms with Crippen molar-refractivity contribution in [3.63, 3.8) is 0 Å². The Morgan fingerprint density at radius 3 is 2.86 bits per heavy atom. The molecule has 2 rings (SSSR count). The Morgan fingerprint density at radius 1 is 1.57 bits per heavy atom. The van der Waals surface area contributed by atoms with Crippen LogP contribution < -0.4 is 5.73 Å². The van der Waals surface area contributed by atoms with Gasteiger partial charge in [0.25, 0.3) is 0 Å². The smallest absolute Gasteiger partial charge is 0.139 e. The quantitative estimate of drug-likeness (QED) is 0.743. The molecule has 0 amide bonds. The molecule has 2 unspecified atom stereocenters. The lowest BCUT2D eigenvalue weighted by Crippen LogP contribution is -2.21. The fourth-order valence-corrected chi connectivity index (χ4v) is 2.03. The molecule has 0 aromatic carbocycles. The second-order valence-corrected chi connectivity index (χ2v) is 4.16. The van der Waals surface area contributed by atoms with Crippen molar-refractivity contribution >= 4 is 0 Å². The van der Waals surface area contributed by atoms with Gasteiger partial charge in [-0.1, -0.05) is 6.07 Å². The van der Waals surface area contributed by atoms with E-state index in [9.17, 15) is 4.39 Å². The van der Waals surface area contributed by atoms with Gasteiger partial charge >= 0.3 is 0 Å². The summed E-state index contributed by atoms with van der Waals surface area (Å²) < 4.78 is 14.3. The first kappa shape index (κ1) is 9.59. The highest BCUT2D eigenvalue weighted by atomic mass is 19.1. The summed E-state index contributed by atoms with van der Waals surface area (Å²) in [7, 11) is 0.